The van der Waals surface area contributed by atoms with Crippen molar-refractivity contribution in [3.63, 3.8) is 0 Å². The molecule has 5 nitrogen and oxygen atoms in total. The molecular weight excluding hydrogens is 413 g/mol. The van der Waals surface area contributed by atoms with Gasteiger partial charge in [0.05, 0.1) is 21.1 Å². The number of rotatable bonds is 3. The summed E-state index contributed by atoms with van der Waals surface area (Å²) >= 11 is 17.4. The smallest absolute Gasteiger partial charge is 0.175 e. The Balaban J connectivity index is 1.56. The minimum atomic E-state index is 0.415. The minimum absolute atomic E-state index is 0.415. The molecule has 8 heteroatoms. The van der Waals surface area contributed by atoms with E-state index in [9.17, 15) is 0 Å². The monoisotopic (exact) mass is 427 g/mol. The van der Waals surface area contributed by atoms with Gasteiger partial charge in [-0.3, -0.25) is 0 Å². The lowest BCUT2D eigenvalue weighted by molar-refractivity contribution is 1.34. The van der Waals surface area contributed by atoms with E-state index in [0.717, 1.165) is 28.0 Å². The molecule has 0 atom stereocenters. The zero-order valence-electron chi connectivity index (χ0n) is 14.5. The van der Waals surface area contributed by atoms with Crippen molar-refractivity contribution in [2.24, 2.45) is 0 Å². The molecule has 28 heavy (non-hydrogen) atoms. The fourth-order valence-corrected chi connectivity index (χ4v) is 3.32. The van der Waals surface area contributed by atoms with Gasteiger partial charge < -0.3 is 21.4 Å². The number of para-hydroxylation sites is 2. The first-order valence-electron chi connectivity index (χ1n) is 8.37. The lowest BCUT2D eigenvalue weighted by Gasteiger charge is -2.12. The molecule has 140 valence electrons. The average Bonchev–Trinajstić information content (AvgIpc) is 3.10. The third-order valence-corrected chi connectivity index (χ3v) is 5.08. The largest absolute Gasteiger partial charge is 0.398 e. The Bertz CT molecular complexity index is 1160. The number of nitrogens with two attached hydrogens (primary N) is 1. The molecule has 1 heterocycles. The summed E-state index contributed by atoms with van der Waals surface area (Å²) in [4.78, 5) is 7.90. The zero-order valence-corrected chi connectivity index (χ0v) is 16.8. The maximum Gasteiger partial charge on any atom is 0.175 e. The summed E-state index contributed by atoms with van der Waals surface area (Å²) in [6.45, 7) is 0. The Morgan fingerprint density at radius 3 is 2.39 bits per heavy atom. The summed E-state index contributed by atoms with van der Waals surface area (Å²) in [7, 11) is 0. The average molecular weight is 428 g/mol. The number of anilines is 3. The van der Waals surface area contributed by atoms with Crippen molar-refractivity contribution in [1.29, 1.82) is 0 Å². The molecule has 0 saturated heterocycles. The molecule has 0 aliphatic carbocycles. The lowest BCUT2D eigenvalue weighted by atomic mass is 10.1. The molecular formula is C20H15Cl2N5S. The van der Waals surface area contributed by atoms with Crippen molar-refractivity contribution in [2.45, 2.75) is 0 Å². The number of nitrogens with zero attached hydrogens (tertiary/aromatic N) is 1. The number of H-pyrrole nitrogens is 1. The fraction of sp³-hybridized carbons (Fsp3) is 0. The SMILES string of the molecule is Nc1ccc(NC(=S)Nc2ccc(Cl)c(Cl)c2)cc1-c1nc2ccccc2[nH]1. The van der Waals surface area contributed by atoms with Crippen LogP contribution in [-0.4, -0.2) is 15.1 Å². The first kappa shape index (κ1) is 18.6. The summed E-state index contributed by atoms with van der Waals surface area (Å²) < 4.78 is 0. The van der Waals surface area contributed by atoms with Crippen LogP contribution in [0.15, 0.2) is 60.7 Å². The first-order valence-corrected chi connectivity index (χ1v) is 9.54. The van der Waals surface area contributed by atoms with E-state index in [-0.39, 0.29) is 0 Å². The second-order valence-electron chi connectivity index (χ2n) is 6.11. The van der Waals surface area contributed by atoms with E-state index in [2.05, 4.69) is 20.6 Å². The number of thiocarbonyl (C=S) groups is 1. The quantitative estimate of drug-likeness (QED) is 0.240. The summed E-state index contributed by atoms with van der Waals surface area (Å²) in [6.07, 6.45) is 0. The topological polar surface area (TPSA) is 78.8 Å². The Hall–Kier alpha value is -2.80. The highest BCUT2D eigenvalue weighted by Crippen LogP contribution is 2.29. The van der Waals surface area contributed by atoms with Crippen LogP contribution in [0.1, 0.15) is 0 Å². The maximum absolute atomic E-state index is 6.17. The van der Waals surface area contributed by atoms with Gasteiger partial charge in [0, 0.05) is 22.6 Å². The van der Waals surface area contributed by atoms with E-state index in [1.165, 1.54) is 0 Å². The van der Waals surface area contributed by atoms with Crippen LogP contribution < -0.4 is 16.4 Å². The Morgan fingerprint density at radius 1 is 0.929 bits per heavy atom. The van der Waals surface area contributed by atoms with Gasteiger partial charge in [0.15, 0.2) is 5.11 Å². The maximum atomic E-state index is 6.17. The number of benzene rings is 3. The molecule has 0 spiro atoms. The van der Waals surface area contributed by atoms with Crippen LogP contribution in [0.3, 0.4) is 0 Å². The number of fused-ring (bicyclic) bond motifs is 1. The van der Waals surface area contributed by atoms with Gasteiger partial charge >= 0.3 is 0 Å². The molecule has 3 aromatic carbocycles. The lowest BCUT2D eigenvalue weighted by Crippen LogP contribution is -2.19. The van der Waals surface area contributed by atoms with E-state index < -0.39 is 0 Å². The molecule has 5 N–H and O–H groups in total. The number of hydrogen-bond donors (Lipinski definition) is 4. The Morgan fingerprint density at radius 2 is 1.64 bits per heavy atom. The molecule has 0 unspecified atom stereocenters. The van der Waals surface area contributed by atoms with Crippen LogP contribution in [0.4, 0.5) is 17.1 Å². The summed E-state index contributed by atoms with van der Waals surface area (Å²) in [5.74, 6) is 0.700. The highest BCUT2D eigenvalue weighted by atomic mass is 35.5. The van der Waals surface area contributed by atoms with E-state index in [1.807, 2.05) is 42.5 Å². The molecule has 0 radical (unpaired) electrons. The third kappa shape index (κ3) is 3.89. The Labute approximate surface area is 176 Å². The number of nitrogens with one attached hydrogen (secondary N) is 3. The predicted octanol–water partition coefficient (Wildman–Crippen LogP) is 5.93. The minimum Gasteiger partial charge on any atom is -0.398 e. The Kier molecular flexibility index (Phi) is 5.09. The predicted molar refractivity (Wildman–Crippen MR) is 122 cm³/mol. The second-order valence-corrected chi connectivity index (χ2v) is 7.34. The van der Waals surface area contributed by atoms with Gasteiger partial charge in [0.1, 0.15) is 5.82 Å². The van der Waals surface area contributed by atoms with E-state index in [0.29, 0.717) is 26.7 Å². The van der Waals surface area contributed by atoms with Crippen molar-refractivity contribution in [3.8, 4) is 11.4 Å². The van der Waals surface area contributed by atoms with Crippen molar-refractivity contribution in [3.05, 3.63) is 70.7 Å². The number of hydrogen-bond acceptors (Lipinski definition) is 3. The molecule has 0 aliphatic rings. The van der Waals surface area contributed by atoms with E-state index in [4.69, 9.17) is 41.2 Å². The van der Waals surface area contributed by atoms with Crippen LogP contribution in [0.5, 0.6) is 0 Å². The van der Waals surface area contributed by atoms with Gasteiger partial charge in [-0.15, -0.1) is 0 Å². The van der Waals surface area contributed by atoms with Gasteiger partial charge in [-0.05, 0) is 60.7 Å². The van der Waals surface area contributed by atoms with Crippen molar-refractivity contribution < 1.29 is 0 Å². The molecule has 0 saturated carbocycles. The van der Waals surface area contributed by atoms with Crippen LogP contribution in [0.25, 0.3) is 22.4 Å². The fourth-order valence-electron chi connectivity index (χ4n) is 2.79. The number of imidazole rings is 1. The van der Waals surface area contributed by atoms with Crippen LogP contribution in [0, 0.1) is 0 Å². The number of aromatic amines is 1. The van der Waals surface area contributed by atoms with Crippen molar-refractivity contribution in [2.75, 3.05) is 16.4 Å². The standard InChI is InChI=1S/C20H15Cl2N5S/c21-14-7-5-12(10-15(14)22)25-20(28)24-11-6-8-16(23)13(9-11)19-26-17-3-1-2-4-18(17)27-19/h1-10H,23H2,(H,26,27)(H2,24,25,28). The molecule has 0 fully saturated rings. The van der Waals surface area contributed by atoms with Gasteiger partial charge in [0.25, 0.3) is 0 Å². The van der Waals surface area contributed by atoms with Crippen LogP contribution in [0.2, 0.25) is 10.0 Å². The van der Waals surface area contributed by atoms with Gasteiger partial charge in [-0.2, -0.15) is 0 Å². The number of halogens is 2. The summed E-state index contributed by atoms with van der Waals surface area (Å²) in [5, 5.41) is 7.57. The third-order valence-electron chi connectivity index (χ3n) is 4.13. The van der Waals surface area contributed by atoms with E-state index in [1.54, 1.807) is 18.2 Å². The van der Waals surface area contributed by atoms with Crippen LogP contribution in [-0.2, 0) is 0 Å². The van der Waals surface area contributed by atoms with Gasteiger partial charge in [-0.1, -0.05) is 35.3 Å². The zero-order chi connectivity index (χ0) is 19.7. The molecule has 0 bridgehead atoms. The number of aromatic nitrogens is 2. The van der Waals surface area contributed by atoms with Gasteiger partial charge in [-0.25, -0.2) is 4.98 Å². The second kappa shape index (κ2) is 7.67. The van der Waals surface area contributed by atoms with E-state index >= 15 is 0 Å². The molecule has 4 rings (SSSR count). The number of nitrogen functional groups attached to an aromatic ring is 1. The summed E-state index contributed by atoms with van der Waals surface area (Å²) in [6, 6.07) is 18.6. The molecule has 0 amide bonds. The van der Waals surface area contributed by atoms with Crippen LogP contribution >= 0.6 is 35.4 Å². The normalized spacial score (nSPS) is 10.8. The highest BCUT2D eigenvalue weighted by molar-refractivity contribution is 7.80. The summed E-state index contributed by atoms with van der Waals surface area (Å²) in [5.41, 5.74) is 10.9. The van der Waals surface area contributed by atoms with Crippen molar-refractivity contribution >= 4 is 68.6 Å². The molecule has 0 aliphatic heterocycles. The highest BCUT2D eigenvalue weighted by Gasteiger charge is 2.10. The molecule has 1 aromatic heterocycles. The first-order chi connectivity index (χ1) is 13.5. The van der Waals surface area contributed by atoms with Gasteiger partial charge in [0.2, 0.25) is 0 Å². The molecule has 4 aromatic rings. The van der Waals surface area contributed by atoms with Crippen molar-refractivity contribution in [1.82, 2.24) is 9.97 Å².